The van der Waals surface area contributed by atoms with Gasteiger partial charge in [0, 0.05) is 13.2 Å². The Morgan fingerprint density at radius 1 is 1.44 bits per heavy atom. The molecule has 0 aliphatic carbocycles. The Labute approximate surface area is 93.0 Å². The van der Waals surface area contributed by atoms with E-state index in [1.807, 2.05) is 0 Å². The molecule has 0 radical (unpaired) electrons. The van der Waals surface area contributed by atoms with E-state index >= 15 is 0 Å². The number of nitrogens with one attached hydrogen (secondary N) is 1. The van der Waals surface area contributed by atoms with Crippen LogP contribution in [0.15, 0.2) is 4.52 Å². The van der Waals surface area contributed by atoms with Gasteiger partial charge in [-0.1, -0.05) is 5.16 Å². The molecule has 2 saturated heterocycles. The lowest BCUT2D eigenvalue weighted by atomic mass is 10.2. The van der Waals surface area contributed by atoms with E-state index in [-0.39, 0.29) is 18.2 Å². The molecule has 3 atom stereocenters. The largest absolute Gasteiger partial charge is 0.392 e. The first kappa shape index (κ1) is 10.2. The van der Waals surface area contributed by atoms with Crippen LogP contribution in [-0.2, 0) is 4.74 Å². The highest BCUT2D eigenvalue weighted by molar-refractivity contribution is 5.00. The molecule has 88 valence electrons. The van der Waals surface area contributed by atoms with Crippen LogP contribution in [0.2, 0.25) is 0 Å². The Hall–Kier alpha value is -0.980. The Morgan fingerprint density at radius 2 is 2.38 bits per heavy atom. The van der Waals surface area contributed by atoms with E-state index in [1.54, 1.807) is 0 Å². The molecule has 2 fully saturated rings. The van der Waals surface area contributed by atoms with Crippen molar-refractivity contribution in [3.05, 3.63) is 11.7 Å². The van der Waals surface area contributed by atoms with Crippen LogP contribution in [0.4, 0.5) is 0 Å². The van der Waals surface area contributed by atoms with Crippen molar-refractivity contribution in [3.8, 4) is 0 Å². The van der Waals surface area contributed by atoms with Gasteiger partial charge in [0.15, 0.2) is 0 Å². The van der Waals surface area contributed by atoms with Crippen LogP contribution >= 0.6 is 0 Å². The van der Waals surface area contributed by atoms with Crippen molar-refractivity contribution in [2.75, 3.05) is 13.2 Å². The summed E-state index contributed by atoms with van der Waals surface area (Å²) in [4.78, 5) is 4.33. The quantitative estimate of drug-likeness (QED) is 0.754. The summed E-state index contributed by atoms with van der Waals surface area (Å²) >= 11 is 0. The molecule has 2 N–H and O–H groups in total. The second-order valence-electron chi connectivity index (χ2n) is 4.34. The van der Waals surface area contributed by atoms with Crippen molar-refractivity contribution in [3.63, 3.8) is 0 Å². The molecule has 0 spiro atoms. The van der Waals surface area contributed by atoms with Crippen molar-refractivity contribution in [2.45, 2.75) is 37.5 Å². The molecule has 3 heterocycles. The standard InChI is InChI=1S/C10H15N3O3/c14-6-4-7(11-5-6)10-12-9(13-16-10)8-2-1-3-15-8/h6-8,11,14H,1-5H2/t6?,7-,8?/m0/s1. The van der Waals surface area contributed by atoms with Gasteiger partial charge in [0.1, 0.15) is 6.10 Å². The van der Waals surface area contributed by atoms with Gasteiger partial charge in [-0.05, 0) is 19.3 Å². The van der Waals surface area contributed by atoms with Gasteiger partial charge in [-0.3, -0.25) is 0 Å². The first-order valence-corrected chi connectivity index (χ1v) is 5.69. The molecule has 6 heteroatoms. The van der Waals surface area contributed by atoms with Crippen LogP contribution in [0, 0.1) is 0 Å². The molecule has 2 aliphatic rings. The van der Waals surface area contributed by atoms with Gasteiger partial charge in [-0.15, -0.1) is 0 Å². The number of aliphatic hydroxyl groups is 1. The molecule has 0 bridgehead atoms. The molecule has 0 aromatic carbocycles. The maximum absolute atomic E-state index is 9.40. The smallest absolute Gasteiger partial charge is 0.243 e. The number of β-amino-alcohol motifs (C(OH)–C–C–N with tert-alkyl or cyclic N) is 1. The highest BCUT2D eigenvalue weighted by Crippen LogP contribution is 2.28. The first-order valence-electron chi connectivity index (χ1n) is 5.69. The Kier molecular flexibility index (Phi) is 2.62. The molecule has 2 aliphatic heterocycles. The molecule has 0 amide bonds. The lowest BCUT2D eigenvalue weighted by Crippen LogP contribution is -2.15. The molecule has 1 aromatic heterocycles. The van der Waals surface area contributed by atoms with Gasteiger partial charge in [0.2, 0.25) is 11.7 Å². The maximum atomic E-state index is 9.40. The van der Waals surface area contributed by atoms with Crippen molar-refractivity contribution < 1.29 is 14.4 Å². The van der Waals surface area contributed by atoms with E-state index in [4.69, 9.17) is 9.26 Å². The lowest BCUT2D eigenvalue weighted by molar-refractivity contribution is 0.103. The highest BCUT2D eigenvalue weighted by atomic mass is 16.5. The van der Waals surface area contributed by atoms with Crippen LogP contribution in [0.25, 0.3) is 0 Å². The number of hydrogen-bond acceptors (Lipinski definition) is 6. The average Bonchev–Trinajstić information content (AvgIpc) is 2.97. The van der Waals surface area contributed by atoms with E-state index in [0.717, 1.165) is 19.4 Å². The Bertz CT molecular complexity index is 362. The molecule has 1 aromatic rings. The average molecular weight is 225 g/mol. The van der Waals surface area contributed by atoms with E-state index in [0.29, 0.717) is 24.7 Å². The monoisotopic (exact) mass is 225 g/mol. The summed E-state index contributed by atoms with van der Waals surface area (Å²) in [7, 11) is 0. The molecular formula is C10H15N3O3. The van der Waals surface area contributed by atoms with Gasteiger partial charge < -0.3 is 19.7 Å². The lowest BCUT2D eigenvalue weighted by Gasteiger charge is -2.03. The molecule has 16 heavy (non-hydrogen) atoms. The minimum absolute atomic E-state index is 0.0103. The van der Waals surface area contributed by atoms with Gasteiger partial charge in [0.25, 0.3) is 0 Å². The second-order valence-corrected chi connectivity index (χ2v) is 4.34. The van der Waals surface area contributed by atoms with E-state index in [2.05, 4.69) is 15.5 Å². The fourth-order valence-corrected chi connectivity index (χ4v) is 2.21. The van der Waals surface area contributed by atoms with Gasteiger partial charge >= 0.3 is 0 Å². The van der Waals surface area contributed by atoms with Gasteiger partial charge in [-0.2, -0.15) is 4.98 Å². The second kappa shape index (κ2) is 4.12. The normalized spacial score (nSPS) is 34.7. The number of ether oxygens (including phenoxy) is 1. The van der Waals surface area contributed by atoms with E-state index < -0.39 is 0 Å². The number of hydrogen-bond donors (Lipinski definition) is 2. The highest BCUT2D eigenvalue weighted by Gasteiger charge is 2.30. The van der Waals surface area contributed by atoms with Crippen LogP contribution < -0.4 is 5.32 Å². The molecule has 6 nitrogen and oxygen atoms in total. The van der Waals surface area contributed by atoms with Crippen molar-refractivity contribution >= 4 is 0 Å². The summed E-state index contributed by atoms with van der Waals surface area (Å²) in [6.07, 6.45) is 2.31. The predicted molar refractivity (Wildman–Crippen MR) is 53.6 cm³/mol. The summed E-state index contributed by atoms with van der Waals surface area (Å²) in [6, 6.07) is -0.0161. The van der Waals surface area contributed by atoms with Crippen LogP contribution in [0.3, 0.4) is 0 Å². The number of nitrogens with zero attached hydrogens (tertiary/aromatic N) is 2. The minimum atomic E-state index is -0.317. The molecule has 2 unspecified atom stereocenters. The number of aromatic nitrogens is 2. The summed E-state index contributed by atoms with van der Waals surface area (Å²) in [5.41, 5.74) is 0. The fourth-order valence-electron chi connectivity index (χ4n) is 2.21. The zero-order chi connectivity index (χ0) is 11.0. The van der Waals surface area contributed by atoms with Gasteiger partial charge in [-0.25, -0.2) is 0 Å². The number of rotatable bonds is 2. The van der Waals surface area contributed by atoms with Crippen molar-refractivity contribution in [1.29, 1.82) is 0 Å². The molecular weight excluding hydrogens is 210 g/mol. The first-order chi connectivity index (χ1) is 7.83. The topological polar surface area (TPSA) is 80.4 Å². The SMILES string of the molecule is OC1CN[C@H](c2nc(C3CCCO3)no2)C1. The fraction of sp³-hybridized carbons (Fsp3) is 0.800. The summed E-state index contributed by atoms with van der Waals surface area (Å²) in [5, 5.41) is 16.5. The molecule has 3 rings (SSSR count). The predicted octanol–water partition coefficient (Wildman–Crippen LogP) is 0.316. The third kappa shape index (κ3) is 1.83. The Balaban J connectivity index is 1.72. The third-order valence-corrected chi connectivity index (χ3v) is 3.08. The van der Waals surface area contributed by atoms with E-state index in [1.165, 1.54) is 0 Å². The minimum Gasteiger partial charge on any atom is -0.392 e. The maximum Gasteiger partial charge on any atom is 0.243 e. The molecule has 0 saturated carbocycles. The summed E-state index contributed by atoms with van der Waals surface area (Å²) in [6.45, 7) is 1.36. The zero-order valence-electron chi connectivity index (χ0n) is 8.93. The summed E-state index contributed by atoms with van der Waals surface area (Å²) in [5.74, 6) is 1.19. The van der Waals surface area contributed by atoms with E-state index in [9.17, 15) is 5.11 Å². The van der Waals surface area contributed by atoms with Crippen LogP contribution in [0.5, 0.6) is 0 Å². The van der Waals surface area contributed by atoms with Crippen LogP contribution in [-0.4, -0.2) is 34.5 Å². The Morgan fingerprint density at radius 3 is 3.06 bits per heavy atom. The summed E-state index contributed by atoms with van der Waals surface area (Å²) < 4.78 is 10.7. The van der Waals surface area contributed by atoms with Crippen molar-refractivity contribution in [1.82, 2.24) is 15.5 Å². The van der Waals surface area contributed by atoms with Crippen molar-refractivity contribution in [2.24, 2.45) is 0 Å². The van der Waals surface area contributed by atoms with Gasteiger partial charge in [0.05, 0.1) is 12.1 Å². The van der Waals surface area contributed by atoms with Crippen LogP contribution in [0.1, 0.15) is 43.1 Å². The number of aliphatic hydroxyl groups excluding tert-OH is 1. The third-order valence-electron chi connectivity index (χ3n) is 3.08. The zero-order valence-corrected chi connectivity index (χ0v) is 8.93.